The molecule has 0 unspecified atom stereocenters. The van der Waals surface area contributed by atoms with Crippen LogP contribution < -0.4 is 0 Å². The molecule has 5 N–H and O–H groups in total. The Morgan fingerprint density at radius 2 is 1.62 bits per heavy atom. The van der Waals surface area contributed by atoms with Crippen LogP contribution in [0.3, 0.4) is 0 Å². The van der Waals surface area contributed by atoms with Crippen LogP contribution in [-0.4, -0.2) is 69.1 Å². The number of esters is 1. The molecule has 0 amide bonds. The Balaban J connectivity index is 1.58. The van der Waals surface area contributed by atoms with E-state index in [-0.39, 0.29) is 34.7 Å². The van der Waals surface area contributed by atoms with Crippen LogP contribution in [0.1, 0.15) is 100 Å². The van der Waals surface area contributed by atoms with Gasteiger partial charge in [0.05, 0.1) is 30.8 Å². The van der Waals surface area contributed by atoms with Crippen molar-refractivity contribution in [3.05, 3.63) is 23.3 Å². The summed E-state index contributed by atoms with van der Waals surface area (Å²) in [7, 11) is 0. The Kier molecular flexibility index (Phi) is 7.76. The van der Waals surface area contributed by atoms with E-state index in [1.54, 1.807) is 19.9 Å². The van der Waals surface area contributed by atoms with Gasteiger partial charge in [-0.15, -0.1) is 0 Å². The van der Waals surface area contributed by atoms with Gasteiger partial charge in [0.1, 0.15) is 12.2 Å². The summed E-state index contributed by atoms with van der Waals surface area (Å²) in [6.07, 6.45) is 5.72. The molecule has 238 valence electrons. The first kappa shape index (κ1) is 32.2. The van der Waals surface area contributed by atoms with Crippen molar-refractivity contribution in [2.75, 3.05) is 13.2 Å². The number of allylic oxidation sites excluding steroid dienone is 3. The molecule has 0 spiro atoms. The number of aliphatic hydroxyl groups is 5. The quantitative estimate of drug-likeness (QED) is 0.185. The molecular formula is C35H56O7. The van der Waals surface area contributed by atoms with Crippen molar-refractivity contribution in [2.45, 2.75) is 125 Å². The molecule has 0 heterocycles. The highest BCUT2D eigenvalue weighted by Crippen LogP contribution is 2.75. The summed E-state index contributed by atoms with van der Waals surface area (Å²) in [5.74, 6) is -0.241. The fourth-order valence-electron chi connectivity index (χ4n) is 11.5. The summed E-state index contributed by atoms with van der Waals surface area (Å²) in [4.78, 5) is 12.9. The molecule has 0 saturated heterocycles. The summed E-state index contributed by atoms with van der Waals surface area (Å²) in [5, 5.41) is 56.6. The van der Waals surface area contributed by atoms with Gasteiger partial charge in [0.2, 0.25) is 0 Å². The predicted molar refractivity (Wildman–Crippen MR) is 161 cm³/mol. The van der Waals surface area contributed by atoms with Crippen LogP contribution in [0.5, 0.6) is 0 Å². The molecule has 12 atom stereocenters. The number of rotatable bonds is 4. The fraction of sp³-hybridized carbons (Fsp3) is 0.857. The third-order valence-corrected chi connectivity index (χ3v) is 14.5. The second kappa shape index (κ2) is 10.1. The molecule has 4 saturated carbocycles. The van der Waals surface area contributed by atoms with E-state index in [0.717, 1.165) is 25.7 Å². The fourth-order valence-corrected chi connectivity index (χ4v) is 11.5. The van der Waals surface area contributed by atoms with Crippen LogP contribution in [0, 0.1) is 50.2 Å². The number of fused-ring (bicyclic) bond motifs is 7. The van der Waals surface area contributed by atoms with E-state index in [0.29, 0.717) is 30.8 Å². The summed E-state index contributed by atoms with van der Waals surface area (Å²) in [6, 6.07) is 0. The van der Waals surface area contributed by atoms with Gasteiger partial charge in [0.15, 0.2) is 0 Å². The van der Waals surface area contributed by atoms with Gasteiger partial charge in [0.25, 0.3) is 0 Å². The smallest absolute Gasteiger partial charge is 0.333 e. The molecule has 0 aromatic heterocycles. The van der Waals surface area contributed by atoms with Crippen LogP contribution >= 0.6 is 0 Å². The maximum Gasteiger partial charge on any atom is 0.333 e. The van der Waals surface area contributed by atoms with E-state index in [4.69, 9.17) is 4.74 Å². The molecule has 5 rings (SSSR count). The van der Waals surface area contributed by atoms with Crippen molar-refractivity contribution < 1.29 is 35.1 Å². The van der Waals surface area contributed by atoms with Crippen LogP contribution in [0.2, 0.25) is 0 Å². The van der Waals surface area contributed by atoms with Crippen molar-refractivity contribution in [1.29, 1.82) is 0 Å². The Hall–Kier alpha value is -1.25. The van der Waals surface area contributed by atoms with E-state index in [1.165, 1.54) is 5.57 Å². The molecule has 0 aromatic carbocycles. The first-order valence-electron chi connectivity index (χ1n) is 16.2. The Labute approximate surface area is 252 Å². The number of carbonyl (C=O) groups is 1. The number of carbonyl (C=O) groups excluding carboxylic acids is 1. The van der Waals surface area contributed by atoms with Crippen molar-refractivity contribution in [3.8, 4) is 0 Å². The van der Waals surface area contributed by atoms with Crippen molar-refractivity contribution in [1.82, 2.24) is 0 Å². The third-order valence-electron chi connectivity index (χ3n) is 14.5. The monoisotopic (exact) mass is 588 g/mol. The normalized spacial score (nSPS) is 51.8. The van der Waals surface area contributed by atoms with Gasteiger partial charge in [-0.1, -0.05) is 59.3 Å². The van der Waals surface area contributed by atoms with Crippen molar-refractivity contribution in [3.63, 3.8) is 0 Å². The van der Waals surface area contributed by atoms with Crippen molar-refractivity contribution >= 4 is 5.97 Å². The number of aliphatic hydroxyl groups excluding tert-OH is 5. The zero-order valence-corrected chi connectivity index (χ0v) is 27.1. The molecule has 0 aliphatic heterocycles. The van der Waals surface area contributed by atoms with Crippen LogP contribution in [0.4, 0.5) is 0 Å². The van der Waals surface area contributed by atoms with E-state index in [9.17, 15) is 30.3 Å². The minimum Gasteiger partial charge on any atom is -0.456 e. The number of hydrogen-bond donors (Lipinski definition) is 5. The summed E-state index contributed by atoms with van der Waals surface area (Å²) in [5.41, 5.74) is -1.25. The molecule has 4 fully saturated rings. The zero-order valence-electron chi connectivity index (χ0n) is 27.1. The van der Waals surface area contributed by atoms with Gasteiger partial charge in [0, 0.05) is 16.4 Å². The second-order valence-electron chi connectivity index (χ2n) is 16.5. The van der Waals surface area contributed by atoms with Crippen LogP contribution in [-0.2, 0) is 9.53 Å². The lowest BCUT2D eigenvalue weighted by Crippen LogP contribution is -2.72. The maximum absolute atomic E-state index is 12.9. The summed E-state index contributed by atoms with van der Waals surface area (Å²) >= 11 is 0. The molecule has 0 aromatic rings. The predicted octanol–water partition coefficient (Wildman–Crippen LogP) is 4.54. The van der Waals surface area contributed by atoms with Crippen LogP contribution in [0.15, 0.2) is 23.3 Å². The first-order chi connectivity index (χ1) is 19.4. The highest BCUT2D eigenvalue weighted by atomic mass is 16.6. The minimum absolute atomic E-state index is 0.0255. The maximum atomic E-state index is 12.9. The average molecular weight is 589 g/mol. The lowest BCUT2D eigenvalue weighted by molar-refractivity contribution is -0.262. The van der Waals surface area contributed by atoms with E-state index >= 15 is 0 Å². The molecule has 0 bridgehead atoms. The Morgan fingerprint density at radius 3 is 2.21 bits per heavy atom. The first-order valence-corrected chi connectivity index (χ1v) is 16.2. The van der Waals surface area contributed by atoms with Gasteiger partial charge in [-0.05, 0) is 92.8 Å². The molecule has 7 nitrogen and oxygen atoms in total. The van der Waals surface area contributed by atoms with E-state index in [2.05, 4.69) is 33.8 Å². The van der Waals surface area contributed by atoms with Gasteiger partial charge in [-0.25, -0.2) is 4.79 Å². The highest BCUT2D eigenvalue weighted by Gasteiger charge is 2.72. The van der Waals surface area contributed by atoms with Gasteiger partial charge >= 0.3 is 5.97 Å². The number of hydrogen-bond acceptors (Lipinski definition) is 7. The highest BCUT2D eigenvalue weighted by molar-refractivity contribution is 5.87. The lowest BCUT2D eigenvalue weighted by Gasteiger charge is -2.72. The summed E-state index contributed by atoms with van der Waals surface area (Å²) in [6.45, 7) is 16.2. The third kappa shape index (κ3) is 3.92. The van der Waals surface area contributed by atoms with Crippen LogP contribution in [0.25, 0.3) is 0 Å². The topological polar surface area (TPSA) is 127 Å². The van der Waals surface area contributed by atoms with E-state index in [1.807, 2.05) is 13.8 Å². The Bertz CT molecular complexity index is 1160. The average Bonchev–Trinajstić information content (AvgIpc) is 2.93. The zero-order chi connectivity index (χ0) is 31.3. The largest absolute Gasteiger partial charge is 0.456 e. The standard InChI is InChI=1S/C35H56O7/c1-9-20(2)29(41)42-28-27(40)35(19-37)22(16-30(28,3)4)21-10-11-24-31(5)14-13-25(38)32(6,18-36)23(31)12-15-33(24,7)34(21,8)17-26(35)39/h9-10,22-28,36-40H,11-19H2,1-8H3/b20-9-/t22-,23-,24+,25-,26+,27-,28-,31-,32-,33+,34+,35-/m0/s1. The summed E-state index contributed by atoms with van der Waals surface area (Å²) < 4.78 is 5.93. The van der Waals surface area contributed by atoms with Gasteiger partial charge in [-0.3, -0.25) is 0 Å². The van der Waals surface area contributed by atoms with Gasteiger partial charge < -0.3 is 30.3 Å². The molecule has 5 aliphatic rings. The SMILES string of the molecule is C/C=C(/C)C(=O)O[C@H]1[C@H](O)[C@]2(CO)[C@H](O)C[C@]3(C)C(=CC[C@@H]4[C@@]5(C)CC[C@H](O)[C@@](C)(CO)[C@H]5CC[C@]43C)[C@@H]2CC1(C)C. The Morgan fingerprint density at radius 1 is 0.952 bits per heavy atom. The molecule has 5 aliphatic carbocycles. The van der Waals surface area contributed by atoms with Crippen molar-refractivity contribution in [2.24, 2.45) is 50.2 Å². The minimum atomic E-state index is -1.23. The molecule has 0 radical (unpaired) electrons. The van der Waals surface area contributed by atoms with E-state index < -0.39 is 53.2 Å². The number of ether oxygens (including phenoxy) is 1. The molecule has 42 heavy (non-hydrogen) atoms. The molecular weight excluding hydrogens is 532 g/mol. The lowest BCUT2D eigenvalue weighted by atomic mass is 9.33. The van der Waals surface area contributed by atoms with Gasteiger partial charge in [-0.2, -0.15) is 0 Å². The second-order valence-corrected chi connectivity index (χ2v) is 16.5. The molecule has 7 heteroatoms.